The molecule has 3 aromatic rings. The second-order valence-electron chi connectivity index (χ2n) is 8.16. The van der Waals surface area contributed by atoms with E-state index in [-0.39, 0.29) is 0 Å². The lowest BCUT2D eigenvalue weighted by molar-refractivity contribution is -0.123. The molecule has 0 radical (unpaired) electrons. The Hall–Kier alpha value is -3.36. The maximum Gasteiger partial charge on any atom is 0.268 e. The van der Waals surface area contributed by atoms with Gasteiger partial charge in [-0.1, -0.05) is 51.8 Å². The maximum absolute atomic E-state index is 13.5. The van der Waals surface area contributed by atoms with E-state index in [0.717, 1.165) is 10.5 Å². The Morgan fingerprint density at radius 2 is 1.67 bits per heavy atom. The van der Waals surface area contributed by atoms with Crippen LogP contribution in [0.15, 0.2) is 77.3 Å². The van der Waals surface area contributed by atoms with Gasteiger partial charge in [-0.05, 0) is 55.0 Å². The van der Waals surface area contributed by atoms with Crippen molar-refractivity contribution in [2.75, 3.05) is 4.90 Å². The van der Waals surface area contributed by atoms with Crippen molar-refractivity contribution < 1.29 is 18.8 Å². The quantitative estimate of drug-likeness (QED) is 0.540. The Labute approximate surface area is 198 Å². The highest BCUT2D eigenvalue weighted by molar-refractivity contribution is 9.10. The van der Waals surface area contributed by atoms with Gasteiger partial charge in [-0.3, -0.25) is 19.4 Å². The predicted octanol–water partition coefficient (Wildman–Crippen LogP) is 4.16. The molecule has 3 atom stereocenters. The van der Waals surface area contributed by atoms with Crippen LogP contribution in [0.25, 0.3) is 0 Å². The molecule has 2 fully saturated rings. The Bertz CT molecular complexity index is 1260. The third-order valence-electron chi connectivity index (χ3n) is 6.05. The van der Waals surface area contributed by atoms with Crippen molar-refractivity contribution in [1.82, 2.24) is 10.4 Å². The Morgan fingerprint density at radius 3 is 2.33 bits per heavy atom. The van der Waals surface area contributed by atoms with E-state index in [1.165, 1.54) is 17.1 Å². The van der Waals surface area contributed by atoms with Crippen molar-refractivity contribution in [3.8, 4) is 0 Å². The third-order valence-corrected chi connectivity index (χ3v) is 6.54. The molecule has 5 rings (SSSR count). The SMILES string of the molecule is Cc1ccc(N2C(=O)[C@@H]3[C@@H](c4ccc(F)cc4)NN(C(=O)c4cccc(Br)c4)[C@H]3C2=O)cc1. The largest absolute Gasteiger partial charge is 0.274 e. The molecule has 2 heterocycles. The molecule has 0 bridgehead atoms. The lowest BCUT2D eigenvalue weighted by atomic mass is 9.91. The van der Waals surface area contributed by atoms with E-state index in [1.807, 2.05) is 19.1 Å². The molecule has 3 aromatic carbocycles. The molecule has 2 aliphatic heterocycles. The fraction of sp³-hybridized carbons (Fsp3) is 0.160. The number of benzene rings is 3. The second-order valence-corrected chi connectivity index (χ2v) is 9.08. The molecule has 2 aliphatic rings. The number of carbonyl (C=O) groups excluding carboxylic acids is 3. The van der Waals surface area contributed by atoms with Crippen molar-refractivity contribution in [3.05, 3.63) is 99.8 Å². The molecule has 166 valence electrons. The number of carbonyl (C=O) groups is 3. The number of anilines is 1. The van der Waals surface area contributed by atoms with Gasteiger partial charge in [-0.25, -0.2) is 14.7 Å². The van der Waals surface area contributed by atoms with Gasteiger partial charge in [0.25, 0.3) is 11.8 Å². The molecule has 0 saturated carbocycles. The Balaban J connectivity index is 1.58. The monoisotopic (exact) mass is 507 g/mol. The number of halogens is 2. The van der Waals surface area contributed by atoms with Crippen LogP contribution >= 0.6 is 15.9 Å². The van der Waals surface area contributed by atoms with Gasteiger partial charge in [0, 0.05) is 10.0 Å². The smallest absolute Gasteiger partial charge is 0.268 e. The molecule has 8 heteroatoms. The number of aryl methyl sites for hydroxylation is 1. The van der Waals surface area contributed by atoms with Crippen molar-refractivity contribution in [2.24, 2.45) is 5.92 Å². The highest BCUT2D eigenvalue weighted by atomic mass is 79.9. The molecule has 0 unspecified atom stereocenters. The standard InChI is InChI=1S/C25H19BrFN3O3/c1-14-5-11-19(12-6-14)29-24(32)20-21(15-7-9-18(27)10-8-15)28-30(22(20)25(29)33)23(31)16-3-2-4-17(26)13-16/h2-13,20-22,28H,1H3/t20-,21-,22-/m1/s1. The molecule has 3 amide bonds. The van der Waals surface area contributed by atoms with E-state index in [0.29, 0.717) is 21.3 Å². The van der Waals surface area contributed by atoms with E-state index in [9.17, 15) is 18.8 Å². The molecular formula is C25H19BrFN3O3. The van der Waals surface area contributed by atoms with Gasteiger partial charge in [0.15, 0.2) is 0 Å². The molecule has 0 aliphatic carbocycles. The average molecular weight is 508 g/mol. The molecule has 0 spiro atoms. The summed E-state index contributed by atoms with van der Waals surface area (Å²) in [6.07, 6.45) is 0. The summed E-state index contributed by atoms with van der Waals surface area (Å²) in [6.45, 7) is 1.92. The first-order valence-electron chi connectivity index (χ1n) is 10.4. The van der Waals surface area contributed by atoms with E-state index >= 15 is 0 Å². The summed E-state index contributed by atoms with van der Waals surface area (Å²) < 4.78 is 14.3. The summed E-state index contributed by atoms with van der Waals surface area (Å²) in [6, 6.07) is 17.9. The van der Waals surface area contributed by atoms with Crippen LogP contribution in [0.3, 0.4) is 0 Å². The first-order chi connectivity index (χ1) is 15.8. The minimum atomic E-state index is -1.03. The molecule has 2 saturated heterocycles. The van der Waals surface area contributed by atoms with Crippen LogP contribution < -0.4 is 10.3 Å². The van der Waals surface area contributed by atoms with E-state index in [4.69, 9.17) is 0 Å². The molecule has 1 N–H and O–H groups in total. The molecule has 0 aromatic heterocycles. The molecule has 33 heavy (non-hydrogen) atoms. The van der Waals surface area contributed by atoms with Crippen LogP contribution in [0.4, 0.5) is 10.1 Å². The van der Waals surface area contributed by atoms with Crippen LogP contribution in [0, 0.1) is 18.7 Å². The number of nitrogens with one attached hydrogen (secondary N) is 1. The lowest BCUT2D eigenvalue weighted by Crippen LogP contribution is -2.48. The van der Waals surface area contributed by atoms with Gasteiger partial charge in [0.05, 0.1) is 17.6 Å². The topological polar surface area (TPSA) is 69.7 Å². The zero-order valence-electron chi connectivity index (χ0n) is 17.5. The summed E-state index contributed by atoms with van der Waals surface area (Å²) in [4.78, 5) is 41.6. The van der Waals surface area contributed by atoms with Crippen LogP contribution in [-0.4, -0.2) is 28.8 Å². The highest BCUT2D eigenvalue weighted by Crippen LogP contribution is 2.42. The fourth-order valence-corrected chi connectivity index (χ4v) is 4.83. The van der Waals surface area contributed by atoms with Crippen molar-refractivity contribution in [2.45, 2.75) is 19.0 Å². The van der Waals surface area contributed by atoms with Gasteiger partial charge in [-0.2, -0.15) is 0 Å². The maximum atomic E-state index is 13.5. The number of rotatable bonds is 3. The lowest BCUT2D eigenvalue weighted by Gasteiger charge is -2.25. The van der Waals surface area contributed by atoms with Crippen LogP contribution in [0.2, 0.25) is 0 Å². The summed E-state index contributed by atoms with van der Waals surface area (Å²) in [5, 5.41) is 1.24. The summed E-state index contributed by atoms with van der Waals surface area (Å²) in [5.74, 6) is -2.57. The van der Waals surface area contributed by atoms with Crippen LogP contribution in [0.1, 0.15) is 27.5 Å². The van der Waals surface area contributed by atoms with Gasteiger partial charge in [0.2, 0.25) is 5.91 Å². The Morgan fingerprint density at radius 1 is 0.970 bits per heavy atom. The number of imide groups is 1. The first kappa shape index (κ1) is 21.5. The second kappa shape index (κ2) is 8.20. The number of fused-ring (bicyclic) bond motifs is 1. The van der Waals surface area contributed by atoms with E-state index < -0.39 is 41.5 Å². The van der Waals surface area contributed by atoms with Crippen molar-refractivity contribution in [3.63, 3.8) is 0 Å². The van der Waals surface area contributed by atoms with E-state index in [1.54, 1.807) is 48.5 Å². The third kappa shape index (κ3) is 3.65. The fourth-order valence-electron chi connectivity index (χ4n) is 4.43. The first-order valence-corrected chi connectivity index (χ1v) is 11.2. The number of amides is 3. The normalized spacial score (nSPS) is 22.1. The van der Waals surface area contributed by atoms with Crippen LogP contribution in [0.5, 0.6) is 0 Å². The minimum Gasteiger partial charge on any atom is -0.274 e. The number of nitrogens with zero attached hydrogens (tertiary/aromatic N) is 2. The highest BCUT2D eigenvalue weighted by Gasteiger charge is 2.60. The average Bonchev–Trinajstić information content (AvgIpc) is 3.31. The zero-order chi connectivity index (χ0) is 23.3. The van der Waals surface area contributed by atoms with E-state index in [2.05, 4.69) is 21.4 Å². The Kier molecular flexibility index (Phi) is 5.34. The minimum absolute atomic E-state index is 0.365. The molecular weight excluding hydrogens is 489 g/mol. The summed E-state index contributed by atoms with van der Waals surface area (Å²) in [5.41, 5.74) is 5.50. The van der Waals surface area contributed by atoms with Crippen molar-refractivity contribution in [1.29, 1.82) is 0 Å². The van der Waals surface area contributed by atoms with Gasteiger partial charge < -0.3 is 0 Å². The number of hydrogen-bond donors (Lipinski definition) is 1. The predicted molar refractivity (Wildman–Crippen MR) is 124 cm³/mol. The number of hydrogen-bond acceptors (Lipinski definition) is 4. The zero-order valence-corrected chi connectivity index (χ0v) is 19.1. The number of hydrazine groups is 1. The van der Waals surface area contributed by atoms with Gasteiger partial charge in [-0.15, -0.1) is 0 Å². The summed E-state index contributed by atoms with van der Waals surface area (Å²) in [7, 11) is 0. The van der Waals surface area contributed by atoms with Crippen molar-refractivity contribution >= 4 is 39.3 Å². The van der Waals surface area contributed by atoms with Gasteiger partial charge >= 0.3 is 0 Å². The molecule has 6 nitrogen and oxygen atoms in total. The van der Waals surface area contributed by atoms with Crippen LogP contribution in [-0.2, 0) is 9.59 Å². The summed E-state index contributed by atoms with van der Waals surface area (Å²) >= 11 is 3.36. The van der Waals surface area contributed by atoms with Gasteiger partial charge in [0.1, 0.15) is 11.9 Å².